The van der Waals surface area contributed by atoms with Crippen molar-refractivity contribution in [3.8, 4) is 11.1 Å². The van der Waals surface area contributed by atoms with Crippen molar-refractivity contribution in [2.24, 2.45) is 0 Å². The van der Waals surface area contributed by atoms with E-state index >= 15 is 0 Å². The van der Waals surface area contributed by atoms with Crippen LogP contribution in [0.2, 0.25) is 0 Å². The molecular weight excluding hydrogens is 183 g/mol. The van der Waals surface area contributed by atoms with Crippen LogP contribution in [0.4, 0.5) is 4.39 Å². The first-order chi connectivity index (χ1) is 6.27. The molecule has 1 heterocycles. The Kier molecular flexibility index (Phi) is 2.15. The summed E-state index contributed by atoms with van der Waals surface area (Å²) in [7, 11) is 0. The minimum atomic E-state index is -0.192. The summed E-state index contributed by atoms with van der Waals surface area (Å²) in [6.07, 6.45) is 0. The standard InChI is InChI=1S/C11H8FS/c1-8-11(5-6-13-8)9-3-2-4-10(12)7-9/h2-5,7H,1H3. The molecule has 65 valence electrons. The third-order valence-electron chi connectivity index (χ3n) is 1.93. The van der Waals surface area contributed by atoms with E-state index in [4.69, 9.17) is 0 Å². The predicted octanol–water partition coefficient (Wildman–Crippen LogP) is 3.66. The summed E-state index contributed by atoms with van der Waals surface area (Å²) < 4.78 is 12.9. The van der Waals surface area contributed by atoms with Gasteiger partial charge < -0.3 is 0 Å². The van der Waals surface area contributed by atoms with Crippen LogP contribution in [-0.2, 0) is 0 Å². The van der Waals surface area contributed by atoms with E-state index in [0.29, 0.717) is 0 Å². The van der Waals surface area contributed by atoms with Crippen LogP contribution in [0.5, 0.6) is 0 Å². The van der Waals surface area contributed by atoms with Crippen LogP contribution >= 0.6 is 11.3 Å². The van der Waals surface area contributed by atoms with Gasteiger partial charge >= 0.3 is 0 Å². The van der Waals surface area contributed by atoms with E-state index in [9.17, 15) is 4.39 Å². The predicted molar refractivity (Wildman–Crippen MR) is 53.3 cm³/mol. The number of hydrogen-bond acceptors (Lipinski definition) is 1. The summed E-state index contributed by atoms with van der Waals surface area (Å²) >= 11 is 1.56. The Balaban J connectivity index is 2.53. The fourth-order valence-corrected chi connectivity index (χ4v) is 1.92. The highest BCUT2D eigenvalue weighted by Crippen LogP contribution is 2.27. The van der Waals surface area contributed by atoms with Crippen LogP contribution in [0.1, 0.15) is 4.88 Å². The van der Waals surface area contributed by atoms with Crippen molar-refractivity contribution in [2.45, 2.75) is 6.92 Å². The van der Waals surface area contributed by atoms with Gasteiger partial charge in [0.25, 0.3) is 0 Å². The fraction of sp³-hybridized carbons (Fsp3) is 0.0909. The van der Waals surface area contributed by atoms with Crippen LogP contribution < -0.4 is 0 Å². The molecule has 1 radical (unpaired) electrons. The zero-order chi connectivity index (χ0) is 9.26. The van der Waals surface area contributed by atoms with Gasteiger partial charge in [-0.05, 0) is 36.2 Å². The van der Waals surface area contributed by atoms with Crippen LogP contribution in [0, 0.1) is 18.1 Å². The van der Waals surface area contributed by atoms with E-state index in [1.54, 1.807) is 23.5 Å². The molecule has 0 spiro atoms. The first kappa shape index (κ1) is 8.45. The van der Waals surface area contributed by atoms with E-state index in [-0.39, 0.29) is 5.82 Å². The topological polar surface area (TPSA) is 0 Å². The molecule has 0 aliphatic carbocycles. The SMILES string of the molecule is Cc1s[c]cc1-c1cccc(F)c1. The van der Waals surface area contributed by atoms with E-state index in [1.807, 2.05) is 19.1 Å². The molecule has 0 saturated carbocycles. The molecule has 0 unspecified atom stereocenters. The second kappa shape index (κ2) is 3.30. The summed E-state index contributed by atoms with van der Waals surface area (Å²) in [4.78, 5) is 1.17. The summed E-state index contributed by atoms with van der Waals surface area (Å²) in [6, 6.07) is 8.53. The number of benzene rings is 1. The van der Waals surface area contributed by atoms with Gasteiger partial charge in [0.05, 0.1) is 0 Å². The minimum Gasteiger partial charge on any atom is -0.207 e. The molecule has 0 aliphatic rings. The molecule has 0 aliphatic heterocycles. The van der Waals surface area contributed by atoms with Gasteiger partial charge in [-0.25, -0.2) is 4.39 Å². The first-order valence-corrected chi connectivity index (χ1v) is 4.81. The Morgan fingerprint density at radius 3 is 2.85 bits per heavy atom. The van der Waals surface area contributed by atoms with Crippen LogP contribution in [0.3, 0.4) is 0 Å². The monoisotopic (exact) mass is 191 g/mol. The number of halogens is 1. The molecule has 2 rings (SSSR count). The lowest BCUT2D eigenvalue weighted by molar-refractivity contribution is 0.628. The largest absolute Gasteiger partial charge is 0.207 e. The van der Waals surface area contributed by atoms with Crippen molar-refractivity contribution in [3.05, 3.63) is 46.4 Å². The maximum absolute atomic E-state index is 12.9. The quantitative estimate of drug-likeness (QED) is 0.645. The van der Waals surface area contributed by atoms with Crippen molar-refractivity contribution >= 4 is 11.3 Å². The smallest absolute Gasteiger partial charge is 0.123 e. The third-order valence-corrected chi connectivity index (χ3v) is 2.69. The van der Waals surface area contributed by atoms with E-state index in [1.165, 1.54) is 10.9 Å². The number of hydrogen-bond donors (Lipinski definition) is 0. The van der Waals surface area contributed by atoms with Crippen LogP contribution in [-0.4, -0.2) is 0 Å². The third kappa shape index (κ3) is 1.63. The van der Waals surface area contributed by atoms with Crippen LogP contribution in [0.25, 0.3) is 11.1 Å². The fourth-order valence-electron chi connectivity index (χ4n) is 1.28. The lowest BCUT2D eigenvalue weighted by Crippen LogP contribution is -1.78. The number of rotatable bonds is 1. The number of thiophene rings is 1. The molecule has 0 fully saturated rings. The van der Waals surface area contributed by atoms with Gasteiger partial charge in [0, 0.05) is 10.3 Å². The molecule has 0 nitrogen and oxygen atoms in total. The summed E-state index contributed by atoms with van der Waals surface area (Å²) in [5.74, 6) is -0.192. The molecule has 0 N–H and O–H groups in total. The molecule has 0 amide bonds. The highest BCUT2D eigenvalue weighted by atomic mass is 32.1. The Morgan fingerprint density at radius 2 is 2.23 bits per heavy atom. The Bertz CT molecular complexity index is 418. The van der Waals surface area contributed by atoms with E-state index in [2.05, 4.69) is 5.38 Å². The van der Waals surface area contributed by atoms with Gasteiger partial charge in [0.1, 0.15) is 5.82 Å². The molecule has 1 aromatic carbocycles. The van der Waals surface area contributed by atoms with Gasteiger partial charge in [-0.15, -0.1) is 11.3 Å². The molecule has 0 atom stereocenters. The molecule has 1 aromatic heterocycles. The highest BCUT2D eigenvalue weighted by Gasteiger charge is 2.03. The Hall–Kier alpha value is -1.15. The zero-order valence-electron chi connectivity index (χ0n) is 7.17. The van der Waals surface area contributed by atoms with Gasteiger partial charge in [-0.3, -0.25) is 0 Å². The second-order valence-electron chi connectivity index (χ2n) is 2.84. The summed E-state index contributed by atoms with van der Waals surface area (Å²) in [5, 5.41) is 3.04. The lowest BCUT2D eigenvalue weighted by Gasteiger charge is -1.99. The maximum atomic E-state index is 12.9. The average Bonchev–Trinajstić information content (AvgIpc) is 2.51. The van der Waals surface area contributed by atoms with Crippen molar-refractivity contribution in [2.75, 3.05) is 0 Å². The molecule has 13 heavy (non-hydrogen) atoms. The van der Waals surface area contributed by atoms with Gasteiger partial charge in [-0.2, -0.15) is 0 Å². The Labute approximate surface area is 80.7 Å². The Morgan fingerprint density at radius 1 is 1.38 bits per heavy atom. The lowest BCUT2D eigenvalue weighted by atomic mass is 10.1. The van der Waals surface area contributed by atoms with E-state index < -0.39 is 0 Å². The van der Waals surface area contributed by atoms with E-state index in [0.717, 1.165) is 11.1 Å². The minimum absolute atomic E-state index is 0.192. The van der Waals surface area contributed by atoms with Crippen molar-refractivity contribution in [1.29, 1.82) is 0 Å². The molecule has 0 bridgehead atoms. The summed E-state index contributed by atoms with van der Waals surface area (Å²) in [6.45, 7) is 2.02. The van der Waals surface area contributed by atoms with Gasteiger partial charge in [-0.1, -0.05) is 12.1 Å². The van der Waals surface area contributed by atoms with Crippen molar-refractivity contribution < 1.29 is 4.39 Å². The first-order valence-electron chi connectivity index (χ1n) is 4.00. The molecule has 2 aromatic rings. The maximum Gasteiger partial charge on any atom is 0.123 e. The highest BCUT2D eigenvalue weighted by molar-refractivity contribution is 7.09. The van der Waals surface area contributed by atoms with Gasteiger partial charge in [0.2, 0.25) is 0 Å². The van der Waals surface area contributed by atoms with Crippen LogP contribution in [0.15, 0.2) is 30.3 Å². The molecule has 2 heteroatoms. The van der Waals surface area contributed by atoms with Gasteiger partial charge in [0.15, 0.2) is 0 Å². The normalized spacial score (nSPS) is 10.3. The van der Waals surface area contributed by atoms with Crippen molar-refractivity contribution in [1.82, 2.24) is 0 Å². The molecule has 0 saturated heterocycles. The number of aryl methyl sites for hydroxylation is 1. The average molecular weight is 191 g/mol. The molecular formula is C11H8FS. The zero-order valence-corrected chi connectivity index (χ0v) is 7.99. The van der Waals surface area contributed by atoms with Crippen molar-refractivity contribution in [3.63, 3.8) is 0 Å². The summed E-state index contributed by atoms with van der Waals surface area (Å²) in [5.41, 5.74) is 2.00. The second-order valence-corrected chi connectivity index (χ2v) is 3.90.